The predicted molar refractivity (Wildman–Crippen MR) is 58.5 cm³/mol. The molecule has 2 rings (SSSR count). The van der Waals surface area contributed by atoms with Gasteiger partial charge in [0.15, 0.2) is 17.2 Å². The quantitative estimate of drug-likeness (QED) is 0.872. The number of methoxy groups -OCH3 is 1. The number of aromatic carboxylic acids is 1. The van der Waals surface area contributed by atoms with Gasteiger partial charge in [0.1, 0.15) is 0 Å². The first-order valence-electron chi connectivity index (χ1n) is 4.51. The second-order valence-electron chi connectivity index (χ2n) is 3.23. The molecule has 0 unspecified atom stereocenters. The summed E-state index contributed by atoms with van der Waals surface area (Å²) in [5.41, 5.74) is 0.851. The number of rotatable bonds is 2. The van der Waals surface area contributed by atoms with Crippen LogP contribution < -0.4 is 4.74 Å². The standard InChI is InChI=1S/C10H9ClN2O3/c1-5-8(10(14)15)13-7(16-2)4-3-6(11)9(13)12-5/h3-4H,1-2H3,(H,14,15). The van der Waals surface area contributed by atoms with Gasteiger partial charge in [-0.2, -0.15) is 0 Å². The average Bonchev–Trinajstić information content (AvgIpc) is 2.57. The van der Waals surface area contributed by atoms with Gasteiger partial charge in [-0.15, -0.1) is 0 Å². The fraction of sp³-hybridized carbons (Fsp3) is 0.200. The highest BCUT2D eigenvalue weighted by molar-refractivity contribution is 6.33. The van der Waals surface area contributed by atoms with Gasteiger partial charge < -0.3 is 9.84 Å². The van der Waals surface area contributed by atoms with Crippen molar-refractivity contribution in [2.45, 2.75) is 6.92 Å². The van der Waals surface area contributed by atoms with Crippen LogP contribution in [-0.2, 0) is 0 Å². The molecule has 0 atom stereocenters. The molecule has 0 radical (unpaired) electrons. The summed E-state index contributed by atoms with van der Waals surface area (Å²) < 4.78 is 6.48. The third-order valence-electron chi connectivity index (χ3n) is 2.27. The molecule has 0 saturated heterocycles. The molecule has 0 aliphatic carbocycles. The van der Waals surface area contributed by atoms with Crippen molar-refractivity contribution in [3.63, 3.8) is 0 Å². The molecule has 0 saturated carbocycles. The van der Waals surface area contributed by atoms with Crippen LogP contribution in [-0.4, -0.2) is 27.6 Å². The van der Waals surface area contributed by atoms with E-state index in [-0.39, 0.29) is 5.69 Å². The Hall–Kier alpha value is -1.75. The molecule has 2 aromatic heterocycles. The average molecular weight is 241 g/mol. The Morgan fingerprint density at radius 1 is 1.56 bits per heavy atom. The lowest BCUT2D eigenvalue weighted by molar-refractivity contribution is 0.0687. The largest absolute Gasteiger partial charge is 0.482 e. The Morgan fingerprint density at radius 3 is 2.81 bits per heavy atom. The number of ether oxygens (including phenoxy) is 1. The minimum absolute atomic E-state index is 0.0642. The number of imidazole rings is 1. The van der Waals surface area contributed by atoms with E-state index in [9.17, 15) is 4.79 Å². The molecule has 84 valence electrons. The number of aromatic nitrogens is 2. The number of carboxylic acid groups (broad SMARTS) is 1. The Kier molecular flexibility index (Phi) is 2.47. The fourth-order valence-electron chi connectivity index (χ4n) is 1.61. The third kappa shape index (κ3) is 1.40. The Bertz CT molecular complexity index is 577. The molecule has 0 aromatic carbocycles. The lowest BCUT2D eigenvalue weighted by Crippen LogP contribution is -2.05. The number of carbonyl (C=O) groups is 1. The van der Waals surface area contributed by atoms with Crippen LogP contribution in [0.25, 0.3) is 5.65 Å². The molecule has 0 bridgehead atoms. The highest BCUT2D eigenvalue weighted by Gasteiger charge is 2.19. The Labute approximate surface area is 96.2 Å². The van der Waals surface area contributed by atoms with Crippen molar-refractivity contribution in [1.29, 1.82) is 0 Å². The smallest absolute Gasteiger partial charge is 0.354 e. The molecular formula is C10H9ClN2O3. The first-order valence-corrected chi connectivity index (χ1v) is 4.89. The van der Waals surface area contributed by atoms with Crippen LogP contribution in [0.4, 0.5) is 0 Å². The summed E-state index contributed by atoms with van der Waals surface area (Å²) in [5.74, 6) is -0.678. The number of carboxylic acids is 1. The van der Waals surface area contributed by atoms with E-state index >= 15 is 0 Å². The number of hydrogen-bond acceptors (Lipinski definition) is 3. The van der Waals surface area contributed by atoms with Crippen LogP contribution in [0.1, 0.15) is 16.2 Å². The molecular weight excluding hydrogens is 232 g/mol. The van der Waals surface area contributed by atoms with Crippen molar-refractivity contribution < 1.29 is 14.6 Å². The second-order valence-corrected chi connectivity index (χ2v) is 3.64. The minimum atomic E-state index is -1.06. The molecule has 6 heteroatoms. The van der Waals surface area contributed by atoms with Crippen LogP contribution in [0.3, 0.4) is 0 Å². The molecule has 0 aliphatic rings. The van der Waals surface area contributed by atoms with E-state index in [1.165, 1.54) is 11.5 Å². The van der Waals surface area contributed by atoms with E-state index in [0.717, 1.165) is 0 Å². The Balaban J connectivity index is 2.95. The first-order chi connectivity index (χ1) is 7.56. The molecule has 16 heavy (non-hydrogen) atoms. The topological polar surface area (TPSA) is 63.8 Å². The number of hydrogen-bond donors (Lipinski definition) is 1. The number of pyridine rings is 1. The zero-order chi connectivity index (χ0) is 11.9. The van der Waals surface area contributed by atoms with Crippen molar-refractivity contribution in [2.75, 3.05) is 7.11 Å². The van der Waals surface area contributed by atoms with Crippen LogP contribution in [0.5, 0.6) is 5.88 Å². The lowest BCUT2D eigenvalue weighted by Gasteiger charge is -2.06. The number of halogens is 1. The molecule has 2 heterocycles. The summed E-state index contributed by atoms with van der Waals surface area (Å²) in [5, 5.41) is 9.49. The predicted octanol–water partition coefficient (Wildman–Crippen LogP) is 2.00. The van der Waals surface area contributed by atoms with Crippen molar-refractivity contribution in [1.82, 2.24) is 9.38 Å². The molecule has 0 amide bonds. The summed E-state index contributed by atoms with van der Waals surface area (Å²) in [7, 11) is 1.46. The van der Waals surface area contributed by atoms with Crippen LogP contribution in [0.2, 0.25) is 5.02 Å². The summed E-state index contributed by atoms with van der Waals surface area (Å²) in [6.07, 6.45) is 0. The first kappa shape index (κ1) is 10.8. The third-order valence-corrected chi connectivity index (χ3v) is 2.56. The van der Waals surface area contributed by atoms with Gasteiger partial charge >= 0.3 is 5.97 Å². The van der Waals surface area contributed by atoms with Gasteiger partial charge in [0.2, 0.25) is 0 Å². The van der Waals surface area contributed by atoms with Gasteiger partial charge in [0, 0.05) is 6.07 Å². The summed E-state index contributed by atoms with van der Waals surface area (Å²) in [4.78, 5) is 15.2. The second kappa shape index (κ2) is 3.68. The van der Waals surface area contributed by atoms with Crippen LogP contribution in [0.15, 0.2) is 12.1 Å². The van der Waals surface area contributed by atoms with E-state index in [1.807, 2.05) is 0 Å². The molecule has 0 aliphatic heterocycles. The monoisotopic (exact) mass is 240 g/mol. The molecule has 5 nitrogen and oxygen atoms in total. The zero-order valence-electron chi connectivity index (χ0n) is 8.69. The van der Waals surface area contributed by atoms with E-state index < -0.39 is 5.97 Å². The molecule has 2 aromatic rings. The van der Waals surface area contributed by atoms with Crippen molar-refractivity contribution in [2.24, 2.45) is 0 Å². The van der Waals surface area contributed by atoms with Gasteiger partial charge in [-0.3, -0.25) is 4.40 Å². The summed E-state index contributed by atoms with van der Waals surface area (Å²) in [6, 6.07) is 3.22. The van der Waals surface area contributed by atoms with Crippen LogP contribution in [0, 0.1) is 6.92 Å². The molecule has 1 N–H and O–H groups in total. The van der Waals surface area contributed by atoms with E-state index in [1.54, 1.807) is 19.1 Å². The maximum absolute atomic E-state index is 11.1. The lowest BCUT2D eigenvalue weighted by atomic mass is 10.3. The van der Waals surface area contributed by atoms with Gasteiger partial charge in [0.05, 0.1) is 17.8 Å². The summed E-state index contributed by atoms with van der Waals surface area (Å²) >= 11 is 5.94. The van der Waals surface area contributed by atoms with Crippen LogP contribution >= 0.6 is 11.6 Å². The van der Waals surface area contributed by atoms with Crippen molar-refractivity contribution >= 4 is 23.2 Å². The number of fused-ring (bicyclic) bond motifs is 1. The van der Waals surface area contributed by atoms with E-state index in [4.69, 9.17) is 21.4 Å². The number of aryl methyl sites for hydroxylation is 1. The highest BCUT2D eigenvalue weighted by Crippen LogP contribution is 2.25. The minimum Gasteiger partial charge on any atom is -0.482 e. The van der Waals surface area contributed by atoms with Crippen molar-refractivity contribution in [3.8, 4) is 5.88 Å². The fourth-order valence-corrected chi connectivity index (χ4v) is 1.80. The SMILES string of the molecule is COc1ccc(Cl)c2nc(C)c(C(=O)O)n12. The summed E-state index contributed by atoms with van der Waals surface area (Å²) in [6.45, 7) is 1.62. The number of nitrogens with zero attached hydrogens (tertiary/aromatic N) is 2. The zero-order valence-corrected chi connectivity index (χ0v) is 9.45. The highest BCUT2D eigenvalue weighted by atomic mass is 35.5. The Morgan fingerprint density at radius 2 is 2.25 bits per heavy atom. The maximum atomic E-state index is 11.1. The molecule has 0 spiro atoms. The molecule has 0 fully saturated rings. The van der Waals surface area contributed by atoms with Gasteiger partial charge in [-0.1, -0.05) is 11.6 Å². The van der Waals surface area contributed by atoms with E-state index in [2.05, 4.69) is 4.98 Å². The maximum Gasteiger partial charge on any atom is 0.354 e. The van der Waals surface area contributed by atoms with E-state index in [0.29, 0.717) is 22.2 Å². The van der Waals surface area contributed by atoms with Crippen molar-refractivity contribution in [3.05, 3.63) is 28.5 Å². The normalized spacial score (nSPS) is 10.7. The van der Waals surface area contributed by atoms with Gasteiger partial charge in [-0.05, 0) is 13.0 Å². The van der Waals surface area contributed by atoms with Gasteiger partial charge in [0.25, 0.3) is 0 Å². The van der Waals surface area contributed by atoms with Gasteiger partial charge in [-0.25, -0.2) is 9.78 Å².